The third-order valence-electron chi connectivity index (χ3n) is 4.27. The summed E-state index contributed by atoms with van der Waals surface area (Å²) in [6.07, 6.45) is 11.9. The zero-order valence-corrected chi connectivity index (χ0v) is 12.0. The van der Waals surface area contributed by atoms with Crippen molar-refractivity contribution in [1.82, 2.24) is 0 Å². The van der Waals surface area contributed by atoms with Crippen LogP contribution in [0.2, 0.25) is 0 Å². The Morgan fingerprint density at radius 3 is 1.77 bits per heavy atom. The van der Waals surface area contributed by atoms with Gasteiger partial charge in [-0.1, -0.05) is 72.9 Å². The Bertz CT molecular complexity index is 737. The van der Waals surface area contributed by atoms with Crippen molar-refractivity contribution in [3.8, 4) is 11.5 Å². The zero-order valence-electron chi connectivity index (χ0n) is 12.0. The van der Waals surface area contributed by atoms with Gasteiger partial charge in [0.25, 0.3) is 0 Å². The van der Waals surface area contributed by atoms with E-state index in [1.807, 2.05) is 85.0 Å². The Hall–Kier alpha value is -2.58. The predicted molar refractivity (Wildman–Crippen MR) is 86.9 cm³/mol. The third-order valence-corrected chi connectivity index (χ3v) is 4.27. The summed E-state index contributed by atoms with van der Waals surface area (Å²) in [4.78, 5) is 0. The fourth-order valence-electron chi connectivity index (χ4n) is 3.20. The minimum atomic E-state index is -1.13. The molecule has 1 aliphatic carbocycles. The summed E-state index contributed by atoms with van der Waals surface area (Å²) < 4.78 is 5.97. The first-order chi connectivity index (χ1) is 10.8. The van der Waals surface area contributed by atoms with Crippen LogP contribution in [-0.2, 0) is 5.60 Å². The van der Waals surface area contributed by atoms with Crippen molar-refractivity contribution >= 4 is 0 Å². The molecule has 2 aromatic carbocycles. The normalized spacial score (nSPS) is 18.2. The average molecular weight is 288 g/mol. The fraction of sp³-hybridized carbons (Fsp3) is 0.100. The number of aliphatic hydroxyl groups is 1. The maximum absolute atomic E-state index is 11.7. The van der Waals surface area contributed by atoms with Gasteiger partial charge in [0.1, 0.15) is 17.1 Å². The molecule has 0 saturated heterocycles. The van der Waals surface area contributed by atoms with Crippen LogP contribution in [0.5, 0.6) is 11.5 Å². The van der Waals surface area contributed by atoms with Crippen LogP contribution >= 0.6 is 0 Å². The second kappa shape index (κ2) is 5.00. The molecule has 108 valence electrons. The lowest BCUT2D eigenvalue weighted by atomic mass is 9.74. The molecule has 0 fully saturated rings. The van der Waals surface area contributed by atoms with E-state index in [0.29, 0.717) is 11.5 Å². The quantitative estimate of drug-likeness (QED) is 0.846. The van der Waals surface area contributed by atoms with Crippen molar-refractivity contribution in [2.75, 3.05) is 0 Å². The highest BCUT2D eigenvalue weighted by Gasteiger charge is 2.44. The number of benzene rings is 2. The second-order valence-electron chi connectivity index (χ2n) is 5.54. The van der Waals surface area contributed by atoms with Crippen molar-refractivity contribution in [3.05, 3.63) is 96.1 Å². The average Bonchev–Trinajstić information content (AvgIpc) is 2.85. The van der Waals surface area contributed by atoms with Crippen molar-refractivity contribution < 1.29 is 9.84 Å². The molecule has 4 rings (SSSR count). The van der Waals surface area contributed by atoms with Crippen molar-refractivity contribution in [3.63, 3.8) is 0 Å². The van der Waals surface area contributed by atoms with Crippen LogP contribution in [0.25, 0.3) is 0 Å². The van der Waals surface area contributed by atoms with Crippen LogP contribution in [0.4, 0.5) is 0 Å². The Morgan fingerprint density at radius 2 is 1.23 bits per heavy atom. The molecular formula is C20H16O2. The van der Waals surface area contributed by atoms with Gasteiger partial charge in [-0.15, -0.1) is 0 Å². The standard InChI is InChI=1S/C20H16O2/c21-20(15-9-3-1-2-4-10-15)16-11-5-7-13-18(16)22-19-14-8-6-12-17(19)20/h1-15,21H. The molecule has 1 N–H and O–H groups in total. The first kappa shape index (κ1) is 13.1. The summed E-state index contributed by atoms with van der Waals surface area (Å²) in [5, 5.41) is 11.7. The summed E-state index contributed by atoms with van der Waals surface area (Å²) in [6, 6.07) is 15.4. The molecule has 0 radical (unpaired) electrons. The van der Waals surface area contributed by atoms with Crippen molar-refractivity contribution in [2.24, 2.45) is 5.92 Å². The van der Waals surface area contributed by atoms with Crippen LogP contribution < -0.4 is 4.74 Å². The Morgan fingerprint density at radius 1 is 0.727 bits per heavy atom. The molecule has 0 atom stereocenters. The molecule has 0 amide bonds. The number of hydrogen-bond donors (Lipinski definition) is 1. The highest BCUT2D eigenvalue weighted by atomic mass is 16.5. The van der Waals surface area contributed by atoms with Gasteiger partial charge < -0.3 is 9.84 Å². The summed E-state index contributed by atoms with van der Waals surface area (Å²) in [5.41, 5.74) is 0.467. The van der Waals surface area contributed by atoms with Crippen molar-refractivity contribution in [2.45, 2.75) is 5.60 Å². The summed E-state index contributed by atoms with van der Waals surface area (Å²) in [5.74, 6) is 1.26. The topological polar surface area (TPSA) is 29.5 Å². The van der Waals surface area contributed by atoms with E-state index < -0.39 is 5.60 Å². The van der Waals surface area contributed by atoms with Gasteiger partial charge in [0.05, 0.1) is 0 Å². The van der Waals surface area contributed by atoms with E-state index in [0.717, 1.165) is 11.1 Å². The number of rotatable bonds is 1. The number of allylic oxidation sites excluding steroid dienone is 4. The smallest absolute Gasteiger partial charge is 0.133 e. The molecule has 0 spiro atoms. The van der Waals surface area contributed by atoms with Crippen LogP contribution in [0.3, 0.4) is 0 Å². The SMILES string of the molecule is OC1(C2C=CC=CC=C2)c2ccccc2Oc2ccccc21. The number of ether oxygens (including phenoxy) is 1. The maximum Gasteiger partial charge on any atom is 0.133 e. The van der Waals surface area contributed by atoms with Gasteiger partial charge in [-0.2, -0.15) is 0 Å². The Kier molecular flexibility index (Phi) is 2.98. The molecule has 1 heterocycles. The van der Waals surface area contributed by atoms with Gasteiger partial charge in [0.2, 0.25) is 0 Å². The van der Waals surface area contributed by atoms with Gasteiger partial charge in [-0.05, 0) is 12.1 Å². The molecule has 0 aromatic heterocycles. The van der Waals surface area contributed by atoms with Crippen molar-refractivity contribution in [1.29, 1.82) is 0 Å². The third kappa shape index (κ3) is 1.85. The Labute approximate surface area is 129 Å². The first-order valence-corrected chi connectivity index (χ1v) is 7.41. The van der Waals surface area contributed by atoms with E-state index in [1.165, 1.54) is 0 Å². The summed E-state index contributed by atoms with van der Waals surface area (Å²) in [7, 11) is 0. The lowest BCUT2D eigenvalue weighted by Crippen LogP contribution is -2.37. The van der Waals surface area contributed by atoms with Crippen LogP contribution in [-0.4, -0.2) is 5.11 Å². The second-order valence-corrected chi connectivity index (χ2v) is 5.54. The van der Waals surface area contributed by atoms with E-state index in [4.69, 9.17) is 4.74 Å². The number of hydrogen-bond acceptors (Lipinski definition) is 2. The maximum atomic E-state index is 11.7. The first-order valence-electron chi connectivity index (χ1n) is 7.41. The molecule has 2 nitrogen and oxygen atoms in total. The fourth-order valence-corrected chi connectivity index (χ4v) is 3.20. The van der Waals surface area contributed by atoms with Gasteiger partial charge in [-0.3, -0.25) is 0 Å². The molecular weight excluding hydrogens is 272 g/mol. The van der Waals surface area contributed by atoms with Gasteiger partial charge >= 0.3 is 0 Å². The van der Waals surface area contributed by atoms with E-state index >= 15 is 0 Å². The largest absolute Gasteiger partial charge is 0.457 e. The number of fused-ring (bicyclic) bond motifs is 2. The highest BCUT2D eigenvalue weighted by Crippen LogP contribution is 2.50. The molecule has 2 aromatic rings. The van der Waals surface area contributed by atoms with E-state index in [-0.39, 0.29) is 5.92 Å². The molecule has 0 unspecified atom stereocenters. The van der Waals surface area contributed by atoms with E-state index in [1.54, 1.807) is 0 Å². The summed E-state index contributed by atoms with van der Waals surface area (Å²) >= 11 is 0. The lowest BCUT2D eigenvalue weighted by Gasteiger charge is -2.39. The number of para-hydroxylation sites is 2. The van der Waals surface area contributed by atoms with Crippen LogP contribution in [0, 0.1) is 5.92 Å². The Balaban J connectivity index is 1.98. The monoisotopic (exact) mass is 288 g/mol. The molecule has 2 heteroatoms. The highest BCUT2D eigenvalue weighted by molar-refractivity contribution is 5.57. The molecule has 22 heavy (non-hydrogen) atoms. The van der Waals surface area contributed by atoms with E-state index in [9.17, 15) is 5.11 Å². The van der Waals surface area contributed by atoms with Crippen LogP contribution in [0.15, 0.2) is 85.0 Å². The zero-order chi connectivity index (χ0) is 15.0. The molecule has 1 aliphatic heterocycles. The summed E-state index contributed by atoms with van der Waals surface area (Å²) in [6.45, 7) is 0. The van der Waals surface area contributed by atoms with Gasteiger partial charge in [0, 0.05) is 17.0 Å². The minimum absolute atomic E-state index is 0.159. The molecule has 2 aliphatic rings. The molecule has 0 saturated carbocycles. The van der Waals surface area contributed by atoms with Gasteiger partial charge in [0.15, 0.2) is 0 Å². The van der Waals surface area contributed by atoms with Crippen LogP contribution in [0.1, 0.15) is 11.1 Å². The predicted octanol–water partition coefficient (Wildman–Crippen LogP) is 4.33. The van der Waals surface area contributed by atoms with Gasteiger partial charge in [-0.25, -0.2) is 0 Å². The van der Waals surface area contributed by atoms with E-state index in [2.05, 4.69) is 0 Å². The lowest BCUT2D eigenvalue weighted by molar-refractivity contribution is 0.0439. The minimum Gasteiger partial charge on any atom is -0.457 e. The molecule has 0 bridgehead atoms.